The van der Waals surface area contributed by atoms with Gasteiger partial charge >= 0.3 is 21.1 Å². The monoisotopic (exact) mass is 900 g/mol. The first-order chi connectivity index (χ1) is 23.6. The zero-order chi connectivity index (χ0) is 38.2. The van der Waals surface area contributed by atoms with Gasteiger partial charge in [-0.05, 0) is 125 Å². The van der Waals surface area contributed by atoms with E-state index in [1.807, 2.05) is 11.8 Å². The number of benzene rings is 5. The minimum atomic E-state index is -6.09. The predicted octanol–water partition coefficient (Wildman–Crippen LogP) is 10.3. The van der Waals surface area contributed by atoms with Gasteiger partial charge in [0.15, 0.2) is 24.8 Å². The van der Waals surface area contributed by atoms with E-state index in [9.17, 15) is 26.3 Å². The summed E-state index contributed by atoms with van der Waals surface area (Å²) in [4.78, 5) is 6.54. The van der Waals surface area contributed by atoms with Crippen LogP contribution in [0.15, 0.2) is 146 Å². The van der Waals surface area contributed by atoms with Crippen molar-refractivity contribution >= 4 is 65.5 Å². The fourth-order valence-corrected chi connectivity index (χ4v) is 7.61. The first kappa shape index (κ1) is 42.3. The van der Waals surface area contributed by atoms with Crippen LogP contribution in [0, 0.1) is 17.4 Å². The lowest BCUT2D eigenvalue weighted by molar-refractivity contribution is -0.0519. The van der Waals surface area contributed by atoms with Gasteiger partial charge < -0.3 is 4.55 Å². The van der Waals surface area contributed by atoms with E-state index < -0.39 is 31.3 Å². The molecule has 0 bridgehead atoms. The number of halogens is 7. The normalized spacial score (nSPS) is 12.0. The van der Waals surface area contributed by atoms with Crippen molar-refractivity contribution in [2.24, 2.45) is 0 Å². The molecule has 0 fully saturated rings. The molecular formula is C34H27F6IO6S4. The largest absolute Gasteiger partial charge is 0.741 e. The lowest BCUT2D eigenvalue weighted by Gasteiger charge is -2.12. The molecule has 0 aliphatic rings. The molecule has 272 valence electrons. The second-order valence-corrected chi connectivity index (χ2v) is 17.3. The predicted molar refractivity (Wildman–Crippen MR) is 193 cm³/mol. The van der Waals surface area contributed by atoms with Crippen molar-refractivity contribution in [3.8, 4) is 11.1 Å². The van der Waals surface area contributed by atoms with Gasteiger partial charge in [0.25, 0.3) is 0 Å². The van der Waals surface area contributed by atoms with Crippen molar-refractivity contribution in [3.05, 3.63) is 136 Å². The van der Waals surface area contributed by atoms with Crippen molar-refractivity contribution in [2.45, 2.75) is 49.3 Å². The fourth-order valence-electron chi connectivity index (χ4n) is 4.26. The Bertz CT molecular complexity index is 2030. The molecule has 0 radical (unpaired) electrons. The minimum absolute atomic E-state index is 0.110. The summed E-state index contributed by atoms with van der Waals surface area (Å²) in [6.45, 7) is 4.41. The Kier molecular flexibility index (Phi) is 14.6. The van der Waals surface area contributed by atoms with Crippen LogP contribution >= 0.6 is 34.4 Å². The molecule has 1 N–H and O–H groups in total. The molecule has 0 atom stereocenters. The lowest BCUT2D eigenvalue weighted by atomic mass is 9.96. The summed E-state index contributed by atoms with van der Waals surface area (Å²) in [6.07, 6.45) is 0. The molecule has 6 nitrogen and oxygen atoms in total. The Labute approximate surface area is 312 Å². The van der Waals surface area contributed by atoms with E-state index in [2.05, 4.69) is 158 Å². The Morgan fingerprint density at radius 3 is 1.37 bits per heavy atom. The molecule has 0 spiro atoms. The van der Waals surface area contributed by atoms with E-state index in [0.29, 0.717) is 0 Å². The van der Waals surface area contributed by atoms with Crippen LogP contribution in [0.3, 0.4) is 0 Å². The maximum atomic E-state index is 10.7. The second-order valence-electron chi connectivity index (χ2n) is 10.2. The summed E-state index contributed by atoms with van der Waals surface area (Å²) in [7, 11) is -12.0. The first-order valence-corrected chi connectivity index (χ1v) is 20.1. The topological polar surface area (TPSA) is 112 Å². The molecule has 0 aromatic heterocycles. The van der Waals surface area contributed by atoms with Crippen molar-refractivity contribution in [2.75, 3.05) is 0 Å². The summed E-state index contributed by atoms with van der Waals surface area (Å²) >= 11 is 4.24. The highest BCUT2D eigenvalue weighted by Crippen LogP contribution is 2.36. The molecule has 0 saturated carbocycles. The van der Waals surface area contributed by atoms with Crippen molar-refractivity contribution in [1.29, 1.82) is 0 Å². The third-order valence-corrected chi connectivity index (χ3v) is 12.1. The van der Waals surface area contributed by atoms with Gasteiger partial charge in [0.05, 0.1) is 10.9 Å². The fraction of sp³-hybridized carbons (Fsp3) is 0.118. The number of alkyl halides is 6. The standard InChI is InChI=1S/C32H26IS2.2CHF3O3S/c1-23-13-22-31(33)24(2)32(23)25-14-16-26(17-15-25)34-27-18-20-30(21-19-27)35(28-9-5-3-6-10-28)29-11-7-4-8-12-29;2*2-1(3,4)8(5,6)7/h3-22H,1-2H3;2*(H,5,6,7)/q+1;;/p-1. The molecule has 5 aromatic rings. The van der Waals surface area contributed by atoms with Gasteiger partial charge in [-0.15, -0.1) is 0 Å². The molecule has 0 aliphatic heterocycles. The van der Waals surface area contributed by atoms with E-state index in [1.165, 1.54) is 50.3 Å². The van der Waals surface area contributed by atoms with E-state index in [-0.39, 0.29) is 10.9 Å². The lowest BCUT2D eigenvalue weighted by Crippen LogP contribution is -2.21. The van der Waals surface area contributed by atoms with Gasteiger partial charge in [-0.25, -0.2) is 8.42 Å². The molecule has 0 heterocycles. The van der Waals surface area contributed by atoms with Crippen LogP contribution in [0.1, 0.15) is 11.1 Å². The Morgan fingerprint density at radius 2 is 1.00 bits per heavy atom. The van der Waals surface area contributed by atoms with E-state index in [1.54, 1.807) is 0 Å². The molecule has 51 heavy (non-hydrogen) atoms. The van der Waals surface area contributed by atoms with Crippen LogP contribution in [0.4, 0.5) is 26.3 Å². The molecule has 17 heteroatoms. The number of rotatable bonds is 6. The van der Waals surface area contributed by atoms with Crippen LogP contribution in [-0.2, 0) is 31.1 Å². The van der Waals surface area contributed by atoms with Crippen LogP contribution in [0.5, 0.6) is 0 Å². The summed E-state index contributed by atoms with van der Waals surface area (Å²) in [5, 5.41) is 0. The Hall–Kier alpha value is -3.07. The highest BCUT2D eigenvalue weighted by molar-refractivity contribution is 14.1. The number of hydrogen-bond acceptors (Lipinski definition) is 6. The van der Waals surface area contributed by atoms with Gasteiger partial charge in [-0.2, -0.15) is 34.8 Å². The van der Waals surface area contributed by atoms with Gasteiger partial charge in [0, 0.05) is 13.4 Å². The highest BCUT2D eigenvalue weighted by Gasteiger charge is 2.44. The summed E-state index contributed by atoms with van der Waals surface area (Å²) in [5.74, 6) is 0. The molecule has 0 aliphatic carbocycles. The highest BCUT2D eigenvalue weighted by atomic mass is 127. The smallest absolute Gasteiger partial charge is 0.522 e. The van der Waals surface area contributed by atoms with Crippen LogP contribution < -0.4 is 0 Å². The average Bonchev–Trinajstić information content (AvgIpc) is 3.05. The van der Waals surface area contributed by atoms with Crippen LogP contribution in [0.2, 0.25) is 0 Å². The minimum Gasteiger partial charge on any atom is -0.741 e. The molecule has 0 saturated heterocycles. The van der Waals surface area contributed by atoms with Crippen LogP contribution in [-0.4, -0.2) is 37.0 Å². The van der Waals surface area contributed by atoms with Crippen molar-refractivity contribution in [3.63, 3.8) is 0 Å². The maximum Gasteiger partial charge on any atom is 0.522 e. The molecule has 5 aromatic carbocycles. The Balaban J connectivity index is 0.000000366. The van der Waals surface area contributed by atoms with Gasteiger partial charge in [0.1, 0.15) is 0 Å². The third-order valence-electron chi connectivity index (χ3n) is 6.58. The summed E-state index contributed by atoms with van der Waals surface area (Å²) < 4.78 is 118. The average molecular weight is 901 g/mol. The Morgan fingerprint density at radius 1 is 0.627 bits per heavy atom. The van der Waals surface area contributed by atoms with Gasteiger partial charge in [0.2, 0.25) is 0 Å². The summed E-state index contributed by atoms with van der Waals surface area (Å²) in [6, 6.07) is 44.1. The SMILES string of the molecule is Cc1ccc(I)c(C)c1-c1ccc(Sc2ccc([S+](c3ccccc3)c3ccccc3)cc2)cc1.O=S(=O)(O)C(F)(F)F.O=S(=O)([O-])C(F)(F)F. The maximum absolute atomic E-state index is 10.7. The van der Waals surface area contributed by atoms with E-state index >= 15 is 0 Å². The molecule has 5 rings (SSSR count). The van der Waals surface area contributed by atoms with Gasteiger partial charge in [-0.1, -0.05) is 66.4 Å². The molecular weight excluding hydrogens is 874 g/mol. The van der Waals surface area contributed by atoms with E-state index in [0.717, 1.165) is 0 Å². The van der Waals surface area contributed by atoms with E-state index in [4.69, 9.17) is 25.9 Å². The zero-order valence-electron chi connectivity index (χ0n) is 26.3. The number of aryl methyl sites for hydroxylation is 1. The molecule has 0 unspecified atom stereocenters. The quantitative estimate of drug-likeness (QED) is 0.0594. The van der Waals surface area contributed by atoms with Crippen molar-refractivity contribution in [1.82, 2.24) is 0 Å². The second kappa shape index (κ2) is 17.6. The third kappa shape index (κ3) is 12.3. The first-order valence-electron chi connectivity index (χ1n) is 14.1. The zero-order valence-corrected chi connectivity index (χ0v) is 31.7. The molecule has 0 amide bonds. The summed E-state index contributed by atoms with van der Waals surface area (Å²) in [5.41, 5.74) is -5.86. The number of hydrogen-bond donors (Lipinski definition) is 1. The van der Waals surface area contributed by atoms with Crippen LogP contribution in [0.25, 0.3) is 11.1 Å². The van der Waals surface area contributed by atoms with Gasteiger partial charge in [-0.3, -0.25) is 4.55 Å². The van der Waals surface area contributed by atoms with Crippen molar-refractivity contribution < 1.29 is 52.3 Å².